The lowest BCUT2D eigenvalue weighted by Gasteiger charge is -2.29. The molecule has 2 heteroatoms. The molecule has 0 amide bonds. The maximum atomic E-state index is 5.00. The maximum Gasteiger partial charge on any atom is 0.0718 e. The monoisotopic (exact) mass is 650 g/mol. The van der Waals surface area contributed by atoms with E-state index in [1.165, 1.54) is 71.3 Å². The van der Waals surface area contributed by atoms with Gasteiger partial charge in [-0.15, -0.1) is 0 Å². The molecule has 2 heterocycles. The van der Waals surface area contributed by atoms with Gasteiger partial charge in [0.2, 0.25) is 0 Å². The molecular formula is C49H34N2. The molecule has 0 saturated heterocycles. The first-order valence-corrected chi connectivity index (χ1v) is 17.8. The third kappa shape index (κ3) is 5.03. The molecule has 1 aliphatic rings. The molecule has 1 aliphatic carbocycles. The van der Waals surface area contributed by atoms with Gasteiger partial charge in [-0.2, -0.15) is 0 Å². The van der Waals surface area contributed by atoms with Crippen molar-refractivity contribution in [2.24, 2.45) is 5.92 Å². The second kappa shape index (κ2) is 11.9. The third-order valence-electron chi connectivity index (χ3n) is 10.8. The molecule has 9 aromatic rings. The van der Waals surface area contributed by atoms with Gasteiger partial charge in [-0.1, -0.05) is 128 Å². The van der Waals surface area contributed by atoms with Crippen molar-refractivity contribution in [3.05, 3.63) is 181 Å². The van der Waals surface area contributed by atoms with E-state index in [1.807, 2.05) is 18.3 Å². The summed E-state index contributed by atoms with van der Waals surface area (Å²) in [5.41, 5.74) is 13.3. The average molecular weight is 651 g/mol. The van der Waals surface area contributed by atoms with Crippen molar-refractivity contribution < 1.29 is 0 Å². The Bertz CT molecular complexity index is 2840. The van der Waals surface area contributed by atoms with Crippen molar-refractivity contribution in [2.75, 3.05) is 0 Å². The lowest BCUT2D eigenvalue weighted by molar-refractivity contribution is 0.739. The van der Waals surface area contributed by atoms with Gasteiger partial charge in [-0.25, -0.2) is 0 Å². The number of para-hydroxylation sites is 1. The topological polar surface area (TPSA) is 25.8 Å². The number of benzene rings is 7. The van der Waals surface area contributed by atoms with Crippen LogP contribution in [0.25, 0.3) is 88.4 Å². The van der Waals surface area contributed by atoms with Gasteiger partial charge >= 0.3 is 0 Å². The minimum absolute atomic E-state index is 0.303. The molecule has 240 valence electrons. The normalized spacial score (nSPS) is 14.2. The molecule has 0 N–H and O–H groups in total. The molecule has 0 fully saturated rings. The van der Waals surface area contributed by atoms with Crippen LogP contribution in [0.4, 0.5) is 0 Å². The van der Waals surface area contributed by atoms with Crippen LogP contribution >= 0.6 is 0 Å². The van der Waals surface area contributed by atoms with Crippen molar-refractivity contribution in [3.8, 4) is 33.5 Å². The highest BCUT2D eigenvalue weighted by Gasteiger charge is 2.27. The van der Waals surface area contributed by atoms with Crippen LogP contribution in [0.3, 0.4) is 0 Å². The van der Waals surface area contributed by atoms with Crippen molar-refractivity contribution in [2.45, 2.75) is 13.3 Å². The Morgan fingerprint density at radius 2 is 1.02 bits per heavy atom. The Balaban J connectivity index is 1.19. The first-order chi connectivity index (χ1) is 25.2. The highest BCUT2D eigenvalue weighted by molar-refractivity contribution is 6.13. The predicted octanol–water partition coefficient (Wildman–Crippen LogP) is 12.8. The van der Waals surface area contributed by atoms with E-state index >= 15 is 0 Å². The van der Waals surface area contributed by atoms with E-state index in [0.29, 0.717) is 5.92 Å². The highest BCUT2D eigenvalue weighted by Crippen LogP contribution is 2.48. The summed E-state index contributed by atoms with van der Waals surface area (Å²) < 4.78 is 0. The second-order valence-electron chi connectivity index (χ2n) is 13.9. The summed E-state index contributed by atoms with van der Waals surface area (Å²) in [5.74, 6) is 0.303. The fourth-order valence-electron chi connectivity index (χ4n) is 8.24. The van der Waals surface area contributed by atoms with Crippen molar-refractivity contribution in [3.63, 3.8) is 0 Å². The summed E-state index contributed by atoms with van der Waals surface area (Å²) in [6.45, 7) is 2.37. The van der Waals surface area contributed by atoms with Crippen LogP contribution in [-0.2, 0) is 6.42 Å². The molecular weight excluding hydrogens is 617 g/mol. The molecule has 1 unspecified atom stereocenters. The van der Waals surface area contributed by atoms with Crippen LogP contribution < -0.4 is 0 Å². The fraction of sp³-hybridized carbons (Fsp3) is 0.0612. The summed E-state index contributed by atoms with van der Waals surface area (Å²) in [6, 6.07) is 55.0. The van der Waals surface area contributed by atoms with Crippen molar-refractivity contribution >= 4 is 54.9 Å². The van der Waals surface area contributed by atoms with Crippen molar-refractivity contribution in [1.29, 1.82) is 0 Å². The van der Waals surface area contributed by atoms with E-state index in [4.69, 9.17) is 4.98 Å². The van der Waals surface area contributed by atoms with Crippen molar-refractivity contribution in [1.82, 2.24) is 9.97 Å². The van der Waals surface area contributed by atoms with Crippen LogP contribution in [0.5, 0.6) is 0 Å². The van der Waals surface area contributed by atoms with Crippen LogP contribution in [-0.4, -0.2) is 9.97 Å². The summed E-state index contributed by atoms with van der Waals surface area (Å²) >= 11 is 0. The number of rotatable bonds is 4. The Labute approximate surface area is 297 Å². The molecule has 0 spiro atoms. The zero-order chi connectivity index (χ0) is 33.9. The van der Waals surface area contributed by atoms with Gasteiger partial charge in [0.25, 0.3) is 0 Å². The van der Waals surface area contributed by atoms with Crippen LogP contribution in [0.15, 0.2) is 164 Å². The van der Waals surface area contributed by atoms with E-state index in [1.54, 1.807) is 0 Å². The molecule has 7 aromatic carbocycles. The van der Waals surface area contributed by atoms with Gasteiger partial charge in [-0.3, -0.25) is 9.97 Å². The molecule has 0 radical (unpaired) electrons. The van der Waals surface area contributed by atoms with Gasteiger partial charge in [0.1, 0.15) is 0 Å². The number of allylic oxidation sites excluding steroid dienone is 1. The predicted molar refractivity (Wildman–Crippen MR) is 216 cm³/mol. The minimum Gasteiger partial charge on any atom is -0.256 e. The molecule has 0 aliphatic heterocycles. The van der Waals surface area contributed by atoms with E-state index in [9.17, 15) is 0 Å². The molecule has 0 bridgehead atoms. The molecule has 10 rings (SSSR count). The zero-order valence-corrected chi connectivity index (χ0v) is 28.3. The van der Waals surface area contributed by atoms with Gasteiger partial charge in [0, 0.05) is 23.3 Å². The summed E-state index contributed by atoms with van der Waals surface area (Å²) in [7, 11) is 0. The first kappa shape index (κ1) is 29.5. The molecule has 51 heavy (non-hydrogen) atoms. The Morgan fingerprint density at radius 3 is 1.71 bits per heavy atom. The number of pyridine rings is 2. The standard InChI is InChI=1S/C49H34N2/c1-31-24-44-45(28-43(31)39-22-23-47(50-29-39)40-27-36-14-6-9-17-46(36)51-30-40)49(38-21-19-33-11-3-5-13-35(33)26-38)42-16-8-7-15-41(42)48(44)37-20-18-32-10-2-4-12-34(32)25-37/h2-23,25-31H,24H2,1H3. The van der Waals surface area contributed by atoms with Crippen LogP contribution in [0.2, 0.25) is 0 Å². The van der Waals surface area contributed by atoms with Gasteiger partial charge in [-0.05, 0) is 126 Å². The van der Waals surface area contributed by atoms with E-state index in [0.717, 1.165) is 34.1 Å². The highest BCUT2D eigenvalue weighted by atomic mass is 14.7. The Morgan fingerprint density at radius 1 is 0.471 bits per heavy atom. The number of aromatic nitrogens is 2. The molecule has 0 saturated carbocycles. The van der Waals surface area contributed by atoms with Gasteiger partial charge in [0.15, 0.2) is 0 Å². The lowest BCUT2D eigenvalue weighted by Crippen LogP contribution is -2.12. The van der Waals surface area contributed by atoms with Gasteiger partial charge in [0.05, 0.1) is 11.2 Å². The minimum atomic E-state index is 0.303. The molecule has 1 atom stereocenters. The zero-order valence-electron chi connectivity index (χ0n) is 28.3. The van der Waals surface area contributed by atoms with Crippen LogP contribution in [0, 0.1) is 5.92 Å². The smallest absolute Gasteiger partial charge is 0.0718 e. The Kier molecular flexibility index (Phi) is 6.89. The van der Waals surface area contributed by atoms with E-state index in [2.05, 4.69) is 164 Å². The second-order valence-corrected chi connectivity index (χ2v) is 13.9. The molecule has 2 nitrogen and oxygen atoms in total. The molecule has 2 aromatic heterocycles. The average Bonchev–Trinajstić information content (AvgIpc) is 3.19. The SMILES string of the molecule is CC1Cc2c(c(-c3ccc4ccccc4c3)c3ccccc3c2-c2ccc3ccccc3c2)C=C1c1ccc(-c2cnc3ccccc3c2)nc1. The van der Waals surface area contributed by atoms with Gasteiger partial charge < -0.3 is 0 Å². The number of hydrogen-bond acceptors (Lipinski definition) is 2. The lowest BCUT2D eigenvalue weighted by atomic mass is 9.74. The number of hydrogen-bond donors (Lipinski definition) is 0. The summed E-state index contributed by atoms with van der Waals surface area (Å²) in [4.78, 5) is 9.69. The fourth-order valence-corrected chi connectivity index (χ4v) is 8.24. The van der Waals surface area contributed by atoms with Crippen LogP contribution in [0.1, 0.15) is 23.6 Å². The maximum absolute atomic E-state index is 5.00. The summed E-state index contributed by atoms with van der Waals surface area (Å²) in [6.07, 6.45) is 7.39. The summed E-state index contributed by atoms with van der Waals surface area (Å²) in [5, 5.41) is 8.73. The van der Waals surface area contributed by atoms with E-state index in [-0.39, 0.29) is 0 Å². The largest absolute Gasteiger partial charge is 0.256 e. The number of nitrogens with zero attached hydrogens (tertiary/aromatic N) is 2. The van der Waals surface area contributed by atoms with E-state index < -0.39 is 0 Å². The third-order valence-corrected chi connectivity index (χ3v) is 10.8. The number of fused-ring (bicyclic) bond motifs is 5. The first-order valence-electron chi connectivity index (χ1n) is 17.8. The quantitative estimate of drug-likeness (QED) is 0.189. The Hall–Kier alpha value is -6.38.